The van der Waals surface area contributed by atoms with Crippen LogP contribution < -0.4 is 4.72 Å². The molecule has 1 aromatic rings. The lowest BCUT2D eigenvalue weighted by molar-refractivity contribution is 0.0834. The molecule has 0 fully saturated rings. The molecule has 1 rings (SSSR count). The number of sulfonamides is 1. The molecule has 0 saturated carbocycles. The lowest BCUT2D eigenvalue weighted by atomic mass is 10.2. The molecule has 1 aromatic carbocycles. The summed E-state index contributed by atoms with van der Waals surface area (Å²) in [5.41, 5.74) is 0.550. The zero-order valence-corrected chi connectivity index (χ0v) is 11.3. The van der Waals surface area contributed by atoms with Crippen molar-refractivity contribution in [3.8, 4) is 0 Å². The Morgan fingerprint density at radius 3 is 2.44 bits per heavy atom. The molecule has 0 bridgehead atoms. The van der Waals surface area contributed by atoms with Crippen molar-refractivity contribution >= 4 is 10.0 Å². The molecule has 0 radical (unpaired) electrons. The van der Waals surface area contributed by atoms with E-state index in [1.807, 2.05) is 13.8 Å². The third kappa shape index (κ3) is 6.09. The molecule has 0 unspecified atom stereocenters. The van der Waals surface area contributed by atoms with Crippen molar-refractivity contribution in [3.63, 3.8) is 0 Å². The Labute approximate surface area is 107 Å². The average molecular weight is 275 g/mol. The average Bonchev–Trinajstić information content (AvgIpc) is 2.27. The summed E-state index contributed by atoms with van der Waals surface area (Å²) < 4.78 is 43.7. The van der Waals surface area contributed by atoms with E-state index in [1.54, 1.807) is 0 Å². The molecule has 0 spiro atoms. The van der Waals surface area contributed by atoms with Crippen LogP contribution in [0.4, 0.5) is 4.39 Å². The first-order valence-electron chi connectivity index (χ1n) is 5.72. The maximum absolute atomic E-state index is 12.7. The van der Waals surface area contributed by atoms with Crippen LogP contribution in [0.5, 0.6) is 0 Å². The summed E-state index contributed by atoms with van der Waals surface area (Å²) in [4.78, 5) is 0. The summed E-state index contributed by atoms with van der Waals surface area (Å²) in [5, 5.41) is 0. The number of rotatable bonds is 7. The quantitative estimate of drug-likeness (QED) is 0.770. The first-order chi connectivity index (χ1) is 8.39. The zero-order chi connectivity index (χ0) is 13.6. The van der Waals surface area contributed by atoms with Crippen molar-refractivity contribution in [2.75, 3.05) is 13.2 Å². The van der Waals surface area contributed by atoms with Crippen LogP contribution in [0.1, 0.15) is 19.4 Å². The Hall–Kier alpha value is -0.980. The van der Waals surface area contributed by atoms with Gasteiger partial charge in [0.1, 0.15) is 5.82 Å². The van der Waals surface area contributed by atoms with Crippen molar-refractivity contribution in [1.82, 2.24) is 4.72 Å². The molecular formula is C12H18FNO3S. The van der Waals surface area contributed by atoms with E-state index in [9.17, 15) is 12.8 Å². The van der Waals surface area contributed by atoms with E-state index < -0.39 is 10.0 Å². The molecular weight excluding hydrogens is 257 g/mol. The van der Waals surface area contributed by atoms with Crippen LogP contribution in [0.15, 0.2) is 24.3 Å². The highest BCUT2D eigenvalue weighted by Crippen LogP contribution is 2.06. The van der Waals surface area contributed by atoms with Gasteiger partial charge >= 0.3 is 0 Å². The summed E-state index contributed by atoms with van der Waals surface area (Å²) in [6.45, 7) is 4.34. The minimum Gasteiger partial charge on any atom is -0.377 e. The van der Waals surface area contributed by atoms with E-state index in [4.69, 9.17) is 4.74 Å². The number of hydrogen-bond acceptors (Lipinski definition) is 3. The van der Waals surface area contributed by atoms with Crippen LogP contribution in [0.3, 0.4) is 0 Å². The maximum Gasteiger partial charge on any atom is 0.215 e. The molecule has 0 amide bonds. The molecule has 6 heteroatoms. The van der Waals surface area contributed by atoms with Crippen LogP contribution in [0, 0.1) is 5.82 Å². The largest absolute Gasteiger partial charge is 0.377 e. The second-order valence-corrected chi connectivity index (χ2v) is 6.01. The van der Waals surface area contributed by atoms with E-state index in [0.717, 1.165) is 0 Å². The van der Waals surface area contributed by atoms with Gasteiger partial charge in [-0.15, -0.1) is 0 Å². The normalized spacial score (nSPS) is 12.0. The Kier molecular flexibility index (Phi) is 5.71. The van der Waals surface area contributed by atoms with Crippen LogP contribution in [-0.2, 0) is 20.5 Å². The minimum absolute atomic E-state index is 0.0756. The van der Waals surface area contributed by atoms with E-state index in [0.29, 0.717) is 12.2 Å². The monoisotopic (exact) mass is 275 g/mol. The van der Waals surface area contributed by atoms with Crippen molar-refractivity contribution < 1.29 is 17.5 Å². The van der Waals surface area contributed by atoms with Crippen LogP contribution in [0.2, 0.25) is 0 Å². The van der Waals surface area contributed by atoms with Gasteiger partial charge in [-0.2, -0.15) is 0 Å². The van der Waals surface area contributed by atoms with Gasteiger partial charge in [-0.3, -0.25) is 0 Å². The number of halogens is 1. The fraction of sp³-hybridized carbons (Fsp3) is 0.500. The van der Waals surface area contributed by atoms with E-state index in [-0.39, 0.29) is 24.2 Å². The van der Waals surface area contributed by atoms with Gasteiger partial charge in [-0.1, -0.05) is 12.1 Å². The first-order valence-corrected chi connectivity index (χ1v) is 7.37. The van der Waals surface area contributed by atoms with Crippen LogP contribution in [0.25, 0.3) is 0 Å². The third-order valence-electron chi connectivity index (χ3n) is 2.15. The lowest BCUT2D eigenvalue weighted by Crippen LogP contribution is -2.29. The summed E-state index contributed by atoms with van der Waals surface area (Å²) in [6.07, 6.45) is 0.0756. The smallest absolute Gasteiger partial charge is 0.215 e. The van der Waals surface area contributed by atoms with Crippen LogP contribution in [-0.4, -0.2) is 27.7 Å². The van der Waals surface area contributed by atoms with E-state index >= 15 is 0 Å². The number of ether oxygens (including phenoxy) is 1. The van der Waals surface area contributed by atoms with Gasteiger partial charge in [0.2, 0.25) is 10.0 Å². The number of nitrogens with one attached hydrogen (secondary N) is 1. The second kappa shape index (κ2) is 6.82. The molecule has 0 atom stereocenters. The van der Waals surface area contributed by atoms with Crippen LogP contribution >= 0.6 is 0 Å². The molecule has 4 nitrogen and oxygen atoms in total. The van der Waals surface area contributed by atoms with Crippen molar-refractivity contribution in [2.24, 2.45) is 0 Å². The topological polar surface area (TPSA) is 55.4 Å². The highest BCUT2D eigenvalue weighted by Gasteiger charge is 2.10. The fourth-order valence-electron chi connectivity index (χ4n) is 1.34. The molecule has 0 aliphatic rings. The third-order valence-corrected chi connectivity index (χ3v) is 3.50. The fourth-order valence-corrected chi connectivity index (χ4v) is 2.47. The van der Waals surface area contributed by atoms with Crippen molar-refractivity contribution in [2.45, 2.75) is 25.7 Å². The Balaban J connectivity index is 2.42. The van der Waals surface area contributed by atoms with Gasteiger partial charge in [0.25, 0.3) is 0 Å². The summed E-state index contributed by atoms with van der Waals surface area (Å²) in [5.74, 6) is -0.538. The van der Waals surface area contributed by atoms with Gasteiger partial charge in [0.05, 0.1) is 18.5 Å². The van der Waals surface area contributed by atoms with E-state index in [1.165, 1.54) is 24.3 Å². The molecule has 102 valence electrons. The predicted octanol–water partition coefficient (Wildman–Crippen LogP) is 1.67. The summed E-state index contributed by atoms with van der Waals surface area (Å²) in [7, 11) is -3.40. The molecule has 0 saturated heterocycles. The van der Waals surface area contributed by atoms with Gasteiger partial charge in [-0.25, -0.2) is 17.5 Å². The van der Waals surface area contributed by atoms with E-state index in [2.05, 4.69) is 4.72 Å². The molecule has 0 aliphatic heterocycles. The number of benzene rings is 1. The number of hydrogen-bond donors (Lipinski definition) is 1. The Bertz CT molecular complexity index is 457. The summed E-state index contributed by atoms with van der Waals surface area (Å²) in [6, 6.07) is 5.40. The molecule has 0 aromatic heterocycles. The zero-order valence-electron chi connectivity index (χ0n) is 10.5. The Morgan fingerprint density at radius 1 is 1.28 bits per heavy atom. The highest BCUT2D eigenvalue weighted by atomic mass is 32.2. The summed E-state index contributed by atoms with van der Waals surface area (Å²) >= 11 is 0. The van der Waals surface area contributed by atoms with Crippen molar-refractivity contribution in [3.05, 3.63) is 35.6 Å². The Morgan fingerprint density at radius 2 is 1.89 bits per heavy atom. The SMILES string of the molecule is CC(C)OCCNS(=O)(=O)Cc1ccc(F)cc1. The first kappa shape index (κ1) is 15.1. The van der Waals surface area contributed by atoms with Gasteiger partial charge in [0, 0.05) is 6.54 Å². The van der Waals surface area contributed by atoms with Gasteiger partial charge < -0.3 is 4.74 Å². The highest BCUT2D eigenvalue weighted by molar-refractivity contribution is 7.88. The standard InChI is InChI=1S/C12H18FNO3S/c1-10(2)17-8-7-14-18(15,16)9-11-3-5-12(13)6-4-11/h3-6,10,14H,7-9H2,1-2H3. The molecule has 0 aliphatic carbocycles. The minimum atomic E-state index is -3.40. The second-order valence-electron chi connectivity index (χ2n) is 4.20. The van der Waals surface area contributed by atoms with Crippen molar-refractivity contribution in [1.29, 1.82) is 0 Å². The van der Waals surface area contributed by atoms with Gasteiger partial charge in [-0.05, 0) is 31.5 Å². The predicted molar refractivity (Wildman–Crippen MR) is 68.1 cm³/mol. The molecule has 1 N–H and O–H groups in total. The maximum atomic E-state index is 12.7. The molecule has 18 heavy (non-hydrogen) atoms. The lowest BCUT2D eigenvalue weighted by Gasteiger charge is -2.09. The van der Waals surface area contributed by atoms with Gasteiger partial charge in [0.15, 0.2) is 0 Å². The molecule has 0 heterocycles.